The summed E-state index contributed by atoms with van der Waals surface area (Å²) >= 11 is 0. The zero-order valence-electron chi connectivity index (χ0n) is 14.9. The quantitative estimate of drug-likeness (QED) is 0.699. The molecule has 0 spiro atoms. The van der Waals surface area contributed by atoms with Crippen molar-refractivity contribution >= 4 is 22.7 Å². The number of nitrogens with zero attached hydrogens (tertiary/aromatic N) is 4. The molecule has 1 aromatic heterocycles. The lowest BCUT2D eigenvalue weighted by molar-refractivity contribution is 0.0535. The van der Waals surface area contributed by atoms with Crippen LogP contribution in [0.5, 0.6) is 0 Å². The minimum absolute atomic E-state index is 0.0466. The molecule has 0 bridgehead atoms. The maximum absolute atomic E-state index is 13.0. The Morgan fingerprint density at radius 2 is 1.44 bits per heavy atom. The molecule has 1 fully saturated rings. The lowest BCUT2D eigenvalue weighted by Crippen LogP contribution is -2.50. The molecule has 2 amide bonds. The molecule has 4 rings (SSSR count). The fourth-order valence-electron chi connectivity index (χ4n) is 3.35. The predicted octanol–water partition coefficient (Wildman–Crippen LogP) is 2.31. The number of hydrogen-bond donors (Lipinski definition) is 0. The third-order valence-corrected chi connectivity index (χ3v) is 4.81. The van der Waals surface area contributed by atoms with Crippen molar-refractivity contribution < 1.29 is 14.0 Å². The van der Waals surface area contributed by atoms with Gasteiger partial charge in [-0.1, -0.05) is 0 Å². The van der Waals surface area contributed by atoms with Gasteiger partial charge in [0.15, 0.2) is 0 Å². The SMILES string of the molecule is Cn1cc2cc(C(=O)N3CCN(C(=O)c4ccc(F)cc4)CC3)ccc2n1. The summed E-state index contributed by atoms with van der Waals surface area (Å²) < 4.78 is 14.7. The van der Waals surface area contributed by atoms with E-state index in [1.54, 1.807) is 20.5 Å². The van der Waals surface area contributed by atoms with Gasteiger partial charge in [-0.3, -0.25) is 14.3 Å². The van der Waals surface area contributed by atoms with Crippen LogP contribution in [-0.2, 0) is 7.05 Å². The minimum atomic E-state index is -0.368. The first kappa shape index (κ1) is 17.2. The number of carbonyl (C=O) groups excluding carboxylic acids is 2. The summed E-state index contributed by atoms with van der Waals surface area (Å²) in [6.45, 7) is 1.85. The van der Waals surface area contributed by atoms with E-state index in [-0.39, 0.29) is 17.6 Å². The summed E-state index contributed by atoms with van der Waals surface area (Å²) in [4.78, 5) is 28.7. The van der Waals surface area contributed by atoms with E-state index in [1.165, 1.54) is 24.3 Å². The number of benzene rings is 2. The number of fused-ring (bicyclic) bond motifs is 1. The Bertz CT molecular complexity index is 1000. The van der Waals surface area contributed by atoms with E-state index in [9.17, 15) is 14.0 Å². The number of hydrogen-bond acceptors (Lipinski definition) is 3. The van der Waals surface area contributed by atoms with Crippen molar-refractivity contribution in [2.45, 2.75) is 0 Å². The normalized spacial score (nSPS) is 14.6. The molecule has 3 aromatic rings. The largest absolute Gasteiger partial charge is 0.335 e. The van der Waals surface area contributed by atoms with Crippen LogP contribution in [-0.4, -0.2) is 57.6 Å². The minimum Gasteiger partial charge on any atom is -0.335 e. The van der Waals surface area contributed by atoms with Gasteiger partial charge in [0.1, 0.15) is 5.82 Å². The number of amides is 2. The Morgan fingerprint density at radius 3 is 2.07 bits per heavy atom. The van der Waals surface area contributed by atoms with E-state index < -0.39 is 0 Å². The van der Waals surface area contributed by atoms with Crippen molar-refractivity contribution in [1.29, 1.82) is 0 Å². The van der Waals surface area contributed by atoms with Crippen LogP contribution >= 0.6 is 0 Å². The Kier molecular flexibility index (Phi) is 4.35. The summed E-state index contributed by atoms with van der Waals surface area (Å²) in [5.74, 6) is -0.555. The molecule has 138 valence electrons. The van der Waals surface area contributed by atoms with Gasteiger partial charge in [0.05, 0.1) is 5.52 Å². The summed E-state index contributed by atoms with van der Waals surface area (Å²) in [7, 11) is 1.85. The smallest absolute Gasteiger partial charge is 0.253 e. The Labute approximate surface area is 155 Å². The van der Waals surface area contributed by atoms with Crippen molar-refractivity contribution in [3.63, 3.8) is 0 Å². The molecule has 0 aliphatic carbocycles. The standard InChI is InChI=1S/C20H19FN4O2/c1-23-13-16-12-15(4-7-18(16)22-23)20(27)25-10-8-24(9-11-25)19(26)14-2-5-17(21)6-3-14/h2-7,12-13H,8-11H2,1H3. The van der Waals surface area contributed by atoms with Crippen molar-refractivity contribution in [2.24, 2.45) is 7.05 Å². The maximum Gasteiger partial charge on any atom is 0.253 e. The first-order chi connectivity index (χ1) is 13.0. The van der Waals surface area contributed by atoms with Gasteiger partial charge in [0.2, 0.25) is 0 Å². The molecule has 27 heavy (non-hydrogen) atoms. The first-order valence-corrected chi connectivity index (χ1v) is 8.79. The summed E-state index contributed by atoms with van der Waals surface area (Å²) in [5, 5.41) is 5.24. The highest BCUT2D eigenvalue weighted by atomic mass is 19.1. The van der Waals surface area contributed by atoms with Crippen molar-refractivity contribution in [3.8, 4) is 0 Å². The van der Waals surface area contributed by atoms with Crippen LogP contribution in [0.4, 0.5) is 4.39 Å². The van der Waals surface area contributed by atoms with E-state index in [1.807, 2.05) is 25.4 Å². The van der Waals surface area contributed by atoms with Crippen LogP contribution in [0.25, 0.3) is 10.9 Å². The molecular weight excluding hydrogens is 347 g/mol. The zero-order chi connectivity index (χ0) is 19.0. The maximum atomic E-state index is 13.0. The molecule has 0 atom stereocenters. The molecule has 0 unspecified atom stereocenters. The van der Waals surface area contributed by atoms with Crippen LogP contribution in [0.2, 0.25) is 0 Å². The fourth-order valence-corrected chi connectivity index (χ4v) is 3.35. The van der Waals surface area contributed by atoms with Gasteiger partial charge >= 0.3 is 0 Å². The highest BCUT2D eigenvalue weighted by Crippen LogP contribution is 2.17. The first-order valence-electron chi connectivity index (χ1n) is 8.79. The van der Waals surface area contributed by atoms with Gasteiger partial charge in [0.25, 0.3) is 11.8 Å². The summed E-state index contributed by atoms with van der Waals surface area (Å²) in [6, 6.07) is 11.0. The average Bonchev–Trinajstić information content (AvgIpc) is 3.07. The van der Waals surface area contributed by atoms with Crippen LogP contribution in [0.1, 0.15) is 20.7 Å². The fraction of sp³-hybridized carbons (Fsp3) is 0.250. The van der Waals surface area contributed by atoms with Gasteiger partial charge in [-0.25, -0.2) is 4.39 Å². The van der Waals surface area contributed by atoms with Gasteiger partial charge in [-0.05, 0) is 42.5 Å². The Balaban J connectivity index is 1.42. The number of piperazine rings is 1. The number of rotatable bonds is 2. The van der Waals surface area contributed by atoms with E-state index in [4.69, 9.17) is 0 Å². The highest BCUT2D eigenvalue weighted by molar-refractivity contribution is 5.98. The number of aromatic nitrogens is 2. The molecule has 0 saturated carbocycles. The molecule has 0 radical (unpaired) electrons. The van der Waals surface area contributed by atoms with Gasteiger partial charge in [-0.15, -0.1) is 0 Å². The van der Waals surface area contributed by atoms with Crippen molar-refractivity contribution in [2.75, 3.05) is 26.2 Å². The molecule has 1 saturated heterocycles. The Hall–Kier alpha value is -3.22. The van der Waals surface area contributed by atoms with Crippen LogP contribution < -0.4 is 0 Å². The van der Waals surface area contributed by atoms with Crippen molar-refractivity contribution in [1.82, 2.24) is 19.6 Å². The molecule has 2 heterocycles. The monoisotopic (exact) mass is 366 g/mol. The molecule has 2 aromatic carbocycles. The third-order valence-electron chi connectivity index (χ3n) is 4.81. The molecule has 1 aliphatic rings. The van der Waals surface area contributed by atoms with Gasteiger partial charge in [-0.2, -0.15) is 5.10 Å². The lowest BCUT2D eigenvalue weighted by Gasteiger charge is -2.34. The second-order valence-corrected chi connectivity index (χ2v) is 6.67. The number of carbonyl (C=O) groups is 2. The Morgan fingerprint density at radius 1 is 0.889 bits per heavy atom. The predicted molar refractivity (Wildman–Crippen MR) is 98.9 cm³/mol. The molecule has 1 aliphatic heterocycles. The van der Waals surface area contributed by atoms with Crippen LogP contribution in [0.15, 0.2) is 48.7 Å². The molecule has 7 heteroatoms. The molecular formula is C20H19FN4O2. The van der Waals surface area contributed by atoms with Crippen LogP contribution in [0, 0.1) is 5.82 Å². The topological polar surface area (TPSA) is 58.4 Å². The average molecular weight is 366 g/mol. The highest BCUT2D eigenvalue weighted by Gasteiger charge is 2.25. The lowest BCUT2D eigenvalue weighted by atomic mass is 10.1. The van der Waals surface area contributed by atoms with E-state index in [0.717, 1.165) is 10.9 Å². The van der Waals surface area contributed by atoms with E-state index in [2.05, 4.69) is 5.10 Å². The number of aryl methyl sites for hydroxylation is 1. The zero-order valence-corrected chi connectivity index (χ0v) is 14.9. The third kappa shape index (κ3) is 3.40. The van der Waals surface area contributed by atoms with Gasteiger partial charge in [0, 0.05) is 55.9 Å². The molecule has 0 N–H and O–H groups in total. The van der Waals surface area contributed by atoms with Gasteiger partial charge < -0.3 is 9.80 Å². The summed E-state index contributed by atoms with van der Waals surface area (Å²) in [6.07, 6.45) is 1.88. The van der Waals surface area contributed by atoms with E-state index >= 15 is 0 Å². The van der Waals surface area contributed by atoms with E-state index in [0.29, 0.717) is 37.3 Å². The molecule has 6 nitrogen and oxygen atoms in total. The second kappa shape index (κ2) is 6.83. The van der Waals surface area contributed by atoms with Crippen molar-refractivity contribution in [3.05, 3.63) is 65.6 Å². The van der Waals surface area contributed by atoms with Crippen LogP contribution in [0.3, 0.4) is 0 Å². The number of halogens is 1. The summed E-state index contributed by atoms with van der Waals surface area (Å²) in [5.41, 5.74) is 1.93. The second-order valence-electron chi connectivity index (χ2n) is 6.67.